The van der Waals surface area contributed by atoms with Crippen LogP contribution in [0.1, 0.15) is 10.4 Å². The van der Waals surface area contributed by atoms with E-state index in [1.165, 1.54) is 14.2 Å². The number of hydrogen-bond acceptors (Lipinski definition) is 4. The third-order valence-electron chi connectivity index (χ3n) is 3.92. The van der Waals surface area contributed by atoms with Gasteiger partial charge < -0.3 is 19.4 Å². The van der Waals surface area contributed by atoms with Crippen LogP contribution in [0.15, 0.2) is 48.8 Å². The number of aromatic nitrogens is 2. The Morgan fingerprint density at radius 2 is 1.88 bits per heavy atom. The fraction of sp³-hybridized carbons (Fsp3) is 0.158. The molecule has 2 aromatic carbocycles. The number of benzene rings is 2. The summed E-state index contributed by atoms with van der Waals surface area (Å²) in [7, 11) is 4.93. The van der Waals surface area contributed by atoms with Crippen molar-refractivity contribution in [2.24, 2.45) is 7.05 Å². The summed E-state index contributed by atoms with van der Waals surface area (Å²) in [5, 5.41) is 3.13. The Hall–Kier alpha value is -2.99. The molecule has 0 unspecified atom stereocenters. The lowest BCUT2D eigenvalue weighted by atomic mass is 10.1. The molecule has 0 fully saturated rings. The number of methoxy groups -OCH3 is 2. The minimum Gasteiger partial charge on any atom is -0.493 e. The van der Waals surface area contributed by atoms with Gasteiger partial charge in [0.15, 0.2) is 11.5 Å². The Morgan fingerprint density at radius 3 is 2.54 bits per heavy atom. The van der Waals surface area contributed by atoms with Crippen molar-refractivity contribution in [2.45, 2.75) is 0 Å². The molecular weight excluding hydrogens is 354 g/mol. The molecular formula is C19H18ClN3O3. The molecule has 0 saturated heterocycles. The summed E-state index contributed by atoms with van der Waals surface area (Å²) in [6.45, 7) is 0. The van der Waals surface area contributed by atoms with Crippen LogP contribution in [0.2, 0.25) is 5.02 Å². The van der Waals surface area contributed by atoms with Crippen molar-refractivity contribution >= 4 is 23.2 Å². The van der Waals surface area contributed by atoms with Gasteiger partial charge in [0, 0.05) is 36.8 Å². The standard InChI is InChI=1S/C19H18ClN3O3/c1-23-8-7-21-18(23)12-5-4-6-13(9-12)22-19(24)14-10-16(25-2)17(26-3)11-15(14)20/h4-11H,1-3H3,(H,22,24). The monoisotopic (exact) mass is 371 g/mol. The first-order chi connectivity index (χ1) is 12.5. The molecule has 26 heavy (non-hydrogen) atoms. The quantitative estimate of drug-likeness (QED) is 0.736. The third kappa shape index (κ3) is 3.50. The average Bonchev–Trinajstić information content (AvgIpc) is 3.07. The van der Waals surface area contributed by atoms with Crippen LogP contribution in [0.3, 0.4) is 0 Å². The number of imidazole rings is 1. The lowest BCUT2D eigenvalue weighted by Gasteiger charge is -2.12. The van der Waals surface area contributed by atoms with Gasteiger partial charge in [-0.05, 0) is 18.2 Å². The van der Waals surface area contributed by atoms with Crippen LogP contribution in [-0.2, 0) is 7.05 Å². The van der Waals surface area contributed by atoms with Crippen molar-refractivity contribution in [2.75, 3.05) is 19.5 Å². The van der Waals surface area contributed by atoms with E-state index < -0.39 is 0 Å². The molecule has 1 heterocycles. The molecule has 3 aromatic rings. The highest BCUT2D eigenvalue weighted by Gasteiger charge is 2.16. The summed E-state index contributed by atoms with van der Waals surface area (Å²) in [5.74, 6) is 1.37. The fourth-order valence-electron chi connectivity index (χ4n) is 2.61. The SMILES string of the molecule is COc1cc(Cl)c(C(=O)Nc2cccc(-c3nccn3C)c2)cc1OC. The Kier molecular flexibility index (Phi) is 5.14. The Bertz CT molecular complexity index is 953. The smallest absolute Gasteiger partial charge is 0.257 e. The largest absolute Gasteiger partial charge is 0.493 e. The molecule has 0 aliphatic heterocycles. The van der Waals surface area contributed by atoms with Gasteiger partial charge in [0.25, 0.3) is 5.91 Å². The van der Waals surface area contributed by atoms with Gasteiger partial charge in [-0.1, -0.05) is 23.7 Å². The van der Waals surface area contributed by atoms with E-state index in [1.807, 2.05) is 36.0 Å². The van der Waals surface area contributed by atoms with Crippen molar-refractivity contribution in [1.29, 1.82) is 0 Å². The normalized spacial score (nSPS) is 10.5. The van der Waals surface area contributed by atoms with Crippen LogP contribution in [0.5, 0.6) is 11.5 Å². The Labute approximate surface area is 156 Å². The second kappa shape index (κ2) is 7.49. The van der Waals surface area contributed by atoms with Gasteiger partial charge in [-0.15, -0.1) is 0 Å². The molecule has 0 radical (unpaired) electrons. The maximum absolute atomic E-state index is 12.7. The number of nitrogens with one attached hydrogen (secondary N) is 1. The van der Waals surface area contributed by atoms with Gasteiger partial charge in [-0.2, -0.15) is 0 Å². The van der Waals surface area contributed by atoms with Gasteiger partial charge in [0.1, 0.15) is 5.82 Å². The summed E-state index contributed by atoms with van der Waals surface area (Å²) in [5.41, 5.74) is 1.83. The summed E-state index contributed by atoms with van der Waals surface area (Å²) >= 11 is 6.22. The van der Waals surface area contributed by atoms with Crippen LogP contribution in [0.4, 0.5) is 5.69 Å². The molecule has 0 aliphatic rings. The maximum atomic E-state index is 12.7. The minimum atomic E-state index is -0.340. The number of carbonyl (C=O) groups is 1. The first-order valence-electron chi connectivity index (χ1n) is 7.84. The number of rotatable bonds is 5. The maximum Gasteiger partial charge on any atom is 0.257 e. The molecule has 0 spiro atoms. The second-order valence-corrected chi connectivity index (χ2v) is 5.99. The molecule has 7 heteroatoms. The van der Waals surface area contributed by atoms with Crippen LogP contribution >= 0.6 is 11.6 Å². The summed E-state index contributed by atoms with van der Waals surface area (Å²) in [6, 6.07) is 10.6. The highest BCUT2D eigenvalue weighted by molar-refractivity contribution is 6.34. The number of anilines is 1. The van der Waals surface area contributed by atoms with Crippen molar-refractivity contribution < 1.29 is 14.3 Å². The zero-order valence-corrected chi connectivity index (χ0v) is 15.4. The van der Waals surface area contributed by atoms with E-state index in [2.05, 4.69) is 10.3 Å². The van der Waals surface area contributed by atoms with E-state index in [-0.39, 0.29) is 10.9 Å². The number of carbonyl (C=O) groups excluding carboxylic acids is 1. The summed E-state index contributed by atoms with van der Waals surface area (Å²) < 4.78 is 12.3. The first-order valence-corrected chi connectivity index (χ1v) is 8.22. The second-order valence-electron chi connectivity index (χ2n) is 5.58. The predicted octanol–water partition coefficient (Wildman–Crippen LogP) is 4.01. The fourth-order valence-corrected chi connectivity index (χ4v) is 2.85. The van der Waals surface area contributed by atoms with Gasteiger partial charge in [-0.3, -0.25) is 4.79 Å². The van der Waals surface area contributed by atoms with Gasteiger partial charge in [0.05, 0.1) is 24.8 Å². The van der Waals surface area contributed by atoms with Gasteiger partial charge in [-0.25, -0.2) is 4.98 Å². The lowest BCUT2D eigenvalue weighted by Crippen LogP contribution is -2.13. The zero-order chi connectivity index (χ0) is 18.7. The number of halogens is 1. The molecule has 0 aliphatic carbocycles. The van der Waals surface area contributed by atoms with Gasteiger partial charge in [0.2, 0.25) is 0 Å². The molecule has 0 bridgehead atoms. The molecule has 6 nitrogen and oxygen atoms in total. The van der Waals surface area contributed by atoms with E-state index in [4.69, 9.17) is 21.1 Å². The van der Waals surface area contributed by atoms with Crippen LogP contribution in [0, 0.1) is 0 Å². The van der Waals surface area contributed by atoms with Crippen molar-refractivity contribution in [3.05, 3.63) is 59.4 Å². The Balaban J connectivity index is 1.88. The van der Waals surface area contributed by atoms with Crippen LogP contribution in [0.25, 0.3) is 11.4 Å². The molecule has 1 amide bonds. The van der Waals surface area contributed by atoms with Crippen molar-refractivity contribution in [3.63, 3.8) is 0 Å². The first kappa shape index (κ1) is 17.8. The number of amides is 1. The summed E-state index contributed by atoms with van der Waals surface area (Å²) in [6.07, 6.45) is 3.59. The average molecular weight is 372 g/mol. The predicted molar refractivity (Wildman–Crippen MR) is 101 cm³/mol. The van der Waals surface area contributed by atoms with E-state index >= 15 is 0 Å². The van der Waals surface area contributed by atoms with E-state index in [1.54, 1.807) is 24.4 Å². The summed E-state index contributed by atoms with van der Waals surface area (Å²) in [4.78, 5) is 17.0. The highest BCUT2D eigenvalue weighted by atomic mass is 35.5. The van der Waals surface area contributed by atoms with Gasteiger partial charge >= 0.3 is 0 Å². The van der Waals surface area contributed by atoms with Crippen LogP contribution < -0.4 is 14.8 Å². The number of hydrogen-bond donors (Lipinski definition) is 1. The van der Waals surface area contributed by atoms with E-state index in [9.17, 15) is 4.79 Å². The van der Waals surface area contributed by atoms with E-state index in [0.717, 1.165) is 11.4 Å². The van der Waals surface area contributed by atoms with Crippen molar-refractivity contribution in [1.82, 2.24) is 9.55 Å². The third-order valence-corrected chi connectivity index (χ3v) is 4.23. The molecule has 0 saturated carbocycles. The minimum absolute atomic E-state index is 0.278. The molecule has 134 valence electrons. The van der Waals surface area contributed by atoms with E-state index in [0.29, 0.717) is 22.7 Å². The molecule has 3 rings (SSSR count). The Morgan fingerprint density at radius 1 is 1.15 bits per heavy atom. The number of nitrogens with zero attached hydrogens (tertiary/aromatic N) is 2. The molecule has 1 N–H and O–H groups in total. The molecule has 1 aromatic heterocycles. The number of ether oxygens (including phenoxy) is 2. The lowest BCUT2D eigenvalue weighted by molar-refractivity contribution is 0.102. The molecule has 0 atom stereocenters. The highest BCUT2D eigenvalue weighted by Crippen LogP contribution is 2.33. The zero-order valence-electron chi connectivity index (χ0n) is 14.6. The number of aryl methyl sites for hydroxylation is 1. The topological polar surface area (TPSA) is 65.4 Å². The van der Waals surface area contributed by atoms with Crippen molar-refractivity contribution in [3.8, 4) is 22.9 Å². The van der Waals surface area contributed by atoms with Crippen LogP contribution in [-0.4, -0.2) is 29.7 Å².